The smallest absolute Gasteiger partial charge is 0.254 e. The number of amides is 1. The van der Waals surface area contributed by atoms with Gasteiger partial charge in [-0.05, 0) is 51.8 Å². The summed E-state index contributed by atoms with van der Waals surface area (Å²) in [7, 11) is 0. The molecule has 0 bridgehead atoms. The average Bonchev–Trinajstić information content (AvgIpc) is 2.28. The van der Waals surface area contributed by atoms with E-state index in [1.807, 2.05) is 29.2 Å². The maximum Gasteiger partial charge on any atom is 0.254 e. The van der Waals surface area contributed by atoms with Crippen LogP contribution in [0.5, 0.6) is 0 Å². The predicted molar refractivity (Wildman–Crippen MR) is 72.3 cm³/mol. The SMILES string of the molecule is CCc1ccc(C(=O)N(C(C)C)C(C)C)cc1. The average molecular weight is 233 g/mol. The summed E-state index contributed by atoms with van der Waals surface area (Å²) in [4.78, 5) is 14.3. The summed E-state index contributed by atoms with van der Waals surface area (Å²) >= 11 is 0. The monoisotopic (exact) mass is 233 g/mol. The third-order valence-corrected chi connectivity index (χ3v) is 2.96. The highest BCUT2D eigenvalue weighted by Crippen LogP contribution is 2.13. The Balaban J connectivity index is 2.93. The molecule has 0 aliphatic heterocycles. The lowest BCUT2D eigenvalue weighted by Crippen LogP contribution is -2.42. The second kappa shape index (κ2) is 5.85. The van der Waals surface area contributed by atoms with Crippen LogP contribution in [-0.4, -0.2) is 22.9 Å². The Hall–Kier alpha value is -1.31. The molecule has 0 N–H and O–H groups in total. The van der Waals surface area contributed by atoms with E-state index in [2.05, 4.69) is 34.6 Å². The van der Waals surface area contributed by atoms with Crippen LogP contribution in [0.1, 0.15) is 50.5 Å². The third kappa shape index (κ3) is 3.32. The molecule has 2 heteroatoms. The van der Waals surface area contributed by atoms with Gasteiger partial charge in [-0.3, -0.25) is 4.79 Å². The Morgan fingerprint density at radius 1 is 1.06 bits per heavy atom. The normalized spacial score (nSPS) is 11.0. The molecule has 0 unspecified atom stereocenters. The minimum atomic E-state index is 0.123. The van der Waals surface area contributed by atoms with Crippen LogP contribution in [0.2, 0.25) is 0 Å². The Bertz CT molecular complexity index is 357. The van der Waals surface area contributed by atoms with Crippen molar-refractivity contribution in [3.8, 4) is 0 Å². The van der Waals surface area contributed by atoms with E-state index >= 15 is 0 Å². The second-order valence-corrected chi connectivity index (χ2v) is 4.95. The molecule has 1 aromatic rings. The summed E-state index contributed by atoms with van der Waals surface area (Å²) in [5.41, 5.74) is 2.05. The van der Waals surface area contributed by atoms with Crippen LogP contribution in [-0.2, 0) is 6.42 Å². The maximum atomic E-state index is 12.4. The molecule has 17 heavy (non-hydrogen) atoms. The van der Waals surface area contributed by atoms with Crippen molar-refractivity contribution < 1.29 is 4.79 Å². The summed E-state index contributed by atoms with van der Waals surface area (Å²) in [5.74, 6) is 0.123. The fraction of sp³-hybridized carbons (Fsp3) is 0.533. The van der Waals surface area contributed by atoms with Crippen molar-refractivity contribution >= 4 is 5.91 Å². The van der Waals surface area contributed by atoms with Crippen LogP contribution < -0.4 is 0 Å². The van der Waals surface area contributed by atoms with Crippen molar-refractivity contribution in [1.29, 1.82) is 0 Å². The lowest BCUT2D eigenvalue weighted by Gasteiger charge is -2.30. The van der Waals surface area contributed by atoms with E-state index in [4.69, 9.17) is 0 Å². The molecule has 0 saturated carbocycles. The molecule has 0 spiro atoms. The summed E-state index contributed by atoms with van der Waals surface area (Å²) in [6.07, 6.45) is 1.01. The van der Waals surface area contributed by atoms with Gasteiger partial charge in [0.15, 0.2) is 0 Å². The van der Waals surface area contributed by atoms with Gasteiger partial charge in [-0.2, -0.15) is 0 Å². The number of hydrogen-bond acceptors (Lipinski definition) is 1. The highest BCUT2D eigenvalue weighted by atomic mass is 16.2. The zero-order valence-electron chi connectivity index (χ0n) is 11.5. The zero-order chi connectivity index (χ0) is 13.0. The highest BCUT2D eigenvalue weighted by Gasteiger charge is 2.21. The number of carbonyl (C=O) groups is 1. The van der Waals surface area contributed by atoms with Gasteiger partial charge in [0.2, 0.25) is 0 Å². The van der Waals surface area contributed by atoms with Gasteiger partial charge >= 0.3 is 0 Å². The van der Waals surface area contributed by atoms with Gasteiger partial charge in [0, 0.05) is 17.6 Å². The molecular formula is C15H23NO. The lowest BCUT2D eigenvalue weighted by molar-refractivity contribution is 0.0643. The van der Waals surface area contributed by atoms with Crippen LogP contribution in [0.3, 0.4) is 0 Å². The number of benzene rings is 1. The highest BCUT2D eigenvalue weighted by molar-refractivity contribution is 5.94. The van der Waals surface area contributed by atoms with E-state index in [1.54, 1.807) is 0 Å². The minimum absolute atomic E-state index is 0.123. The van der Waals surface area contributed by atoms with Crippen molar-refractivity contribution in [1.82, 2.24) is 4.90 Å². The summed E-state index contributed by atoms with van der Waals surface area (Å²) in [5, 5.41) is 0. The first kappa shape index (κ1) is 13.8. The van der Waals surface area contributed by atoms with E-state index in [9.17, 15) is 4.79 Å². The Labute approximate surface area is 105 Å². The number of aryl methyl sites for hydroxylation is 1. The number of nitrogens with zero attached hydrogens (tertiary/aromatic N) is 1. The largest absolute Gasteiger partial charge is 0.334 e. The van der Waals surface area contributed by atoms with Crippen molar-refractivity contribution in [3.05, 3.63) is 35.4 Å². The first-order chi connectivity index (χ1) is 7.97. The van der Waals surface area contributed by atoms with E-state index in [1.165, 1.54) is 5.56 Å². The topological polar surface area (TPSA) is 20.3 Å². The fourth-order valence-corrected chi connectivity index (χ4v) is 2.10. The molecule has 2 nitrogen and oxygen atoms in total. The molecule has 0 radical (unpaired) electrons. The molecule has 0 aromatic heterocycles. The van der Waals surface area contributed by atoms with E-state index in [0.717, 1.165) is 12.0 Å². The maximum absolute atomic E-state index is 12.4. The van der Waals surface area contributed by atoms with E-state index in [0.29, 0.717) is 0 Å². The number of hydrogen-bond donors (Lipinski definition) is 0. The van der Waals surface area contributed by atoms with Gasteiger partial charge < -0.3 is 4.90 Å². The number of carbonyl (C=O) groups excluding carboxylic acids is 1. The molecule has 0 heterocycles. The molecular weight excluding hydrogens is 210 g/mol. The van der Waals surface area contributed by atoms with E-state index in [-0.39, 0.29) is 18.0 Å². The molecule has 94 valence electrons. The van der Waals surface area contributed by atoms with Crippen LogP contribution in [0, 0.1) is 0 Å². The summed E-state index contributed by atoms with van der Waals surface area (Å²) in [6, 6.07) is 8.39. The zero-order valence-corrected chi connectivity index (χ0v) is 11.5. The van der Waals surface area contributed by atoms with Crippen molar-refractivity contribution in [2.75, 3.05) is 0 Å². The summed E-state index contributed by atoms with van der Waals surface area (Å²) < 4.78 is 0. The van der Waals surface area contributed by atoms with Gasteiger partial charge in [0.25, 0.3) is 5.91 Å². The standard InChI is InChI=1S/C15H23NO/c1-6-13-7-9-14(10-8-13)15(17)16(11(2)3)12(4)5/h7-12H,6H2,1-5H3. The van der Waals surface area contributed by atoms with Gasteiger partial charge in [-0.1, -0.05) is 19.1 Å². The Kier molecular flexibility index (Phi) is 4.73. The lowest BCUT2D eigenvalue weighted by atomic mass is 10.1. The van der Waals surface area contributed by atoms with E-state index < -0.39 is 0 Å². The third-order valence-electron chi connectivity index (χ3n) is 2.96. The quantitative estimate of drug-likeness (QED) is 0.779. The van der Waals surface area contributed by atoms with Crippen LogP contribution in [0.4, 0.5) is 0 Å². The molecule has 0 fully saturated rings. The fourth-order valence-electron chi connectivity index (χ4n) is 2.10. The molecule has 1 rings (SSSR count). The first-order valence-electron chi connectivity index (χ1n) is 6.39. The van der Waals surface area contributed by atoms with Gasteiger partial charge in [-0.15, -0.1) is 0 Å². The van der Waals surface area contributed by atoms with Gasteiger partial charge in [0.05, 0.1) is 0 Å². The van der Waals surface area contributed by atoms with Crippen LogP contribution in [0.15, 0.2) is 24.3 Å². The molecule has 0 aliphatic carbocycles. The minimum Gasteiger partial charge on any atom is -0.334 e. The number of rotatable bonds is 4. The molecule has 0 atom stereocenters. The van der Waals surface area contributed by atoms with Gasteiger partial charge in [-0.25, -0.2) is 0 Å². The van der Waals surface area contributed by atoms with Crippen molar-refractivity contribution in [2.45, 2.75) is 53.1 Å². The molecule has 0 saturated heterocycles. The van der Waals surface area contributed by atoms with Crippen molar-refractivity contribution in [3.63, 3.8) is 0 Å². The Morgan fingerprint density at radius 2 is 1.53 bits per heavy atom. The molecule has 0 aliphatic rings. The van der Waals surface area contributed by atoms with Crippen LogP contribution in [0.25, 0.3) is 0 Å². The van der Waals surface area contributed by atoms with Crippen molar-refractivity contribution in [2.24, 2.45) is 0 Å². The van der Waals surface area contributed by atoms with Gasteiger partial charge in [0.1, 0.15) is 0 Å². The Morgan fingerprint density at radius 3 is 1.88 bits per heavy atom. The predicted octanol–water partition coefficient (Wildman–Crippen LogP) is 3.51. The summed E-state index contributed by atoms with van der Waals surface area (Å²) in [6.45, 7) is 10.3. The molecule has 1 amide bonds. The first-order valence-corrected chi connectivity index (χ1v) is 6.39. The second-order valence-electron chi connectivity index (χ2n) is 4.95. The molecule has 1 aromatic carbocycles. The van der Waals surface area contributed by atoms with Crippen LogP contribution >= 0.6 is 0 Å².